The van der Waals surface area contributed by atoms with Crippen LogP contribution < -0.4 is 27.0 Å². The van der Waals surface area contributed by atoms with Crippen molar-refractivity contribution in [1.82, 2.24) is 26.3 Å². The maximum atomic E-state index is 12.5. The zero-order valence-corrected chi connectivity index (χ0v) is 18.4. The first kappa shape index (κ1) is 24.7. The van der Waals surface area contributed by atoms with Crippen molar-refractivity contribution in [2.75, 3.05) is 13.1 Å². The van der Waals surface area contributed by atoms with Crippen molar-refractivity contribution in [3.63, 3.8) is 0 Å². The lowest BCUT2D eigenvalue weighted by Gasteiger charge is -2.20. The average Bonchev–Trinajstić information content (AvgIpc) is 3.47. The second-order valence-electron chi connectivity index (χ2n) is 8.12. The van der Waals surface area contributed by atoms with E-state index >= 15 is 0 Å². The van der Waals surface area contributed by atoms with E-state index in [9.17, 15) is 29.1 Å². The summed E-state index contributed by atoms with van der Waals surface area (Å²) >= 11 is 0. The number of rotatable bonds is 11. The predicted molar refractivity (Wildman–Crippen MR) is 121 cm³/mol. The molecule has 3 unspecified atom stereocenters. The van der Waals surface area contributed by atoms with E-state index in [1.807, 2.05) is 24.3 Å². The van der Waals surface area contributed by atoms with Crippen molar-refractivity contribution in [3.05, 3.63) is 36.0 Å². The van der Waals surface area contributed by atoms with Gasteiger partial charge in [0.1, 0.15) is 12.1 Å². The minimum absolute atomic E-state index is 0.0355. The van der Waals surface area contributed by atoms with Crippen molar-refractivity contribution in [1.29, 1.82) is 0 Å². The Hall–Kier alpha value is -3.93. The molecule has 0 saturated carbocycles. The molecular weight excluding hydrogens is 444 g/mol. The molecule has 1 aromatic heterocycles. The number of hydrogen-bond donors (Lipinski definition) is 7. The van der Waals surface area contributed by atoms with Gasteiger partial charge in [-0.1, -0.05) is 18.2 Å². The van der Waals surface area contributed by atoms with Gasteiger partial charge in [0.2, 0.25) is 23.6 Å². The number of fused-ring (bicyclic) bond motifs is 1. The molecule has 1 aliphatic heterocycles. The predicted octanol–water partition coefficient (Wildman–Crippen LogP) is -1.49. The van der Waals surface area contributed by atoms with Crippen LogP contribution in [0.2, 0.25) is 0 Å². The molecule has 3 rings (SSSR count). The van der Waals surface area contributed by atoms with Crippen LogP contribution in [0.3, 0.4) is 0 Å². The standard InChI is InChI=1S/C22H28N6O6/c23-18(29)9-16(28-21(32)15-6-3-7-24-15)20(31)26-11-19(30)27-17(22(33)34)8-12-10-25-14-5-2-1-4-13(12)14/h1-2,4-5,10,15-17,24-25H,3,6-9,11H2,(H2,23,29)(H,26,31)(H,27,30)(H,28,32)(H,33,34). The molecule has 1 saturated heterocycles. The van der Waals surface area contributed by atoms with Crippen molar-refractivity contribution < 1.29 is 29.1 Å². The lowest BCUT2D eigenvalue weighted by atomic mass is 10.0. The van der Waals surface area contributed by atoms with Crippen LogP contribution in [0.5, 0.6) is 0 Å². The van der Waals surface area contributed by atoms with Gasteiger partial charge in [0.25, 0.3) is 0 Å². The molecule has 0 spiro atoms. The zero-order valence-electron chi connectivity index (χ0n) is 18.4. The highest BCUT2D eigenvalue weighted by atomic mass is 16.4. The number of carbonyl (C=O) groups excluding carboxylic acids is 4. The van der Waals surface area contributed by atoms with E-state index in [4.69, 9.17) is 5.73 Å². The number of nitrogens with two attached hydrogens (primary N) is 1. The largest absolute Gasteiger partial charge is 0.480 e. The summed E-state index contributed by atoms with van der Waals surface area (Å²) in [6.45, 7) is 0.136. The fraction of sp³-hybridized carbons (Fsp3) is 0.409. The van der Waals surface area contributed by atoms with Crippen LogP contribution in [0.1, 0.15) is 24.8 Å². The molecule has 1 fully saturated rings. The van der Waals surface area contributed by atoms with E-state index in [-0.39, 0.29) is 6.42 Å². The van der Waals surface area contributed by atoms with Gasteiger partial charge in [-0.2, -0.15) is 0 Å². The first-order chi connectivity index (χ1) is 16.2. The van der Waals surface area contributed by atoms with E-state index in [1.165, 1.54) is 0 Å². The first-order valence-electron chi connectivity index (χ1n) is 10.9. The van der Waals surface area contributed by atoms with Gasteiger partial charge in [-0.15, -0.1) is 0 Å². The number of aromatic amines is 1. The number of carboxylic acid groups (broad SMARTS) is 1. The number of para-hydroxylation sites is 1. The van der Waals surface area contributed by atoms with Gasteiger partial charge in [-0.25, -0.2) is 4.79 Å². The molecule has 4 amide bonds. The highest BCUT2D eigenvalue weighted by Crippen LogP contribution is 2.19. The molecule has 12 nitrogen and oxygen atoms in total. The summed E-state index contributed by atoms with van der Waals surface area (Å²) < 4.78 is 0. The number of aliphatic carboxylic acids is 1. The summed E-state index contributed by atoms with van der Waals surface area (Å²) in [7, 11) is 0. The molecular formula is C22H28N6O6. The van der Waals surface area contributed by atoms with E-state index < -0.39 is 60.7 Å². The van der Waals surface area contributed by atoms with Crippen LogP contribution in [-0.4, -0.2) is 70.9 Å². The molecule has 3 atom stereocenters. The third-order valence-electron chi connectivity index (χ3n) is 5.57. The van der Waals surface area contributed by atoms with Gasteiger partial charge in [0.05, 0.1) is 19.0 Å². The monoisotopic (exact) mass is 472 g/mol. The summed E-state index contributed by atoms with van der Waals surface area (Å²) in [6, 6.07) is 4.43. The van der Waals surface area contributed by atoms with Gasteiger partial charge >= 0.3 is 5.97 Å². The van der Waals surface area contributed by atoms with Crippen LogP contribution >= 0.6 is 0 Å². The van der Waals surface area contributed by atoms with Gasteiger partial charge < -0.3 is 37.1 Å². The topological polar surface area (TPSA) is 196 Å². The maximum Gasteiger partial charge on any atom is 0.326 e. The molecule has 34 heavy (non-hydrogen) atoms. The second kappa shape index (κ2) is 11.3. The molecule has 2 heterocycles. The van der Waals surface area contributed by atoms with Crippen molar-refractivity contribution in [2.45, 2.75) is 43.8 Å². The number of H-pyrrole nitrogens is 1. The van der Waals surface area contributed by atoms with E-state index in [0.29, 0.717) is 13.0 Å². The van der Waals surface area contributed by atoms with Gasteiger partial charge in [-0.3, -0.25) is 19.2 Å². The Morgan fingerprint density at radius 3 is 2.56 bits per heavy atom. The van der Waals surface area contributed by atoms with E-state index in [2.05, 4.69) is 26.3 Å². The number of primary amides is 1. The van der Waals surface area contributed by atoms with Gasteiger partial charge in [0, 0.05) is 23.5 Å². The van der Waals surface area contributed by atoms with Crippen molar-refractivity contribution in [3.8, 4) is 0 Å². The van der Waals surface area contributed by atoms with Crippen LogP contribution in [0.4, 0.5) is 0 Å². The SMILES string of the molecule is NC(=O)CC(NC(=O)C1CCCN1)C(=O)NCC(=O)NC(Cc1c[nH]c2ccccc12)C(=O)O. The number of carbonyl (C=O) groups is 5. The number of amides is 4. The molecule has 2 aromatic rings. The van der Waals surface area contributed by atoms with Crippen LogP contribution in [0.25, 0.3) is 10.9 Å². The van der Waals surface area contributed by atoms with Crippen LogP contribution in [0.15, 0.2) is 30.5 Å². The summed E-state index contributed by atoms with van der Waals surface area (Å²) in [5.74, 6) is -3.97. The fourth-order valence-corrected chi connectivity index (χ4v) is 3.85. The van der Waals surface area contributed by atoms with Crippen molar-refractivity contribution >= 4 is 40.5 Å². The van der Waals surface area contributed by atoms with Crippen molar-refractivity contribution in [2.24, 2.45) is 5.73 Å². The Morgan fingerprint density at radius 2 is 1.88 bits per heavy atom. The molecule has 8 N–H and O–H groups in total. The second-order valence-corrected chi connectivity index (χ2v) is 8.12. The van der Waals surface area contributed by atoms with Crippen LogP contribution in [0, 0.1) is 0 Å². The summed E-state index contributed by atoms with van der Waals surface area (Å²) in [5, 5.41) is 20.6. The Labute approximate surface area is 195 Å². The first-order valence-corrected chi connectivity index (χ1v) is 10.9. The number of benzene rings is 1. The normalized spacial score (nSPS) is 17.0. The maximum absolute atomic E-state index is 12.5. The van der Waals surface area contributed by atoms with E-state index in [1.54, 1.807) is 6.20 Å². The fourth-order valence-electron chi connectivity index (χ4n) is 3.85. The summed E-state index contributed by atoms with van der Waals surface area (Å²) in [5.41, 5.74) is 6.75. The summed E-state index contributed by atoms with van der Waals surface area (Å²) in [4.78, 5) is 63.2. The minimum Gasteiger partial charge on any atom is -0.480 e. The number of nitrogens with one attached hydrogen (secondary N) is 5. The molecule has 12 heteroatoms. The van der Waals surface area contributed by atoms with Gasteiger partial charge in [-0.05, 0) is 31.0 Å². The Morgan fingerprint density at radius 1 is 1.12 bits per heavy atom. The Kier molecular flexibility index (Phi) is 8.19. The molecule has 0 aliphatic carbocycles. The minimum atomic E-state index is -1.25. The molecule has 182 valence electrons. The summed E-state index contributed by atoms with van der Waals surface area (Å²) in [6.07, 6.45) is 2.70. The quantitative estimate of drug-likeness (QED) is 0.207. The molecule has 1 aliphatic rings. The molecule has 0 radical (unpaired) electrons. The third-order valence-corrected chi connectivity index (χ3v) is 5.57. The lowest BCUT2D eigenvalue weighted by molar-refractivity contribution is -0.141. The van der Waals surface area contributed by atoms with Gasteiger partial charge in [0.15, 0.2) is 0 Å². The third kappa shape index (κ3) is 6.54. The average molecular weight is 473 g/mol. The molecule has 0 bridgehead atoms. The Balaban J connectivity index is 1.55. The Bertz CT molecular complexity index is 1080. The highest BCUT2D eigenvalue weighted by molar-refractivity contribution is 5.95. The smallest absolute Gasteiger partial charge is 0.326 e. The lowest BCUT2D eigenvalue weighted by Crippen LogP contribution is -2.54. The number of carboxylic acids is 1. The number of hydrogen-bond acceptors (Lipinski definition) is 6. The number of aromatic nitrogens is 1. The van der Waals surface area contributed by atoms with Crippen LogP contribution in [-0.2, 0) is 30.4 Å². The zero-order chi connectivity index (χ0) is 24.7. The van der Waals surface area contributed by atoms with E-state index in [0.717, 1.165) is 22.9 Å². The molecule has 1 aromatic carbocycles. The highest BCUT2D eigenvalue weighted by Gasteiger charge is 2.29.